The molecule has 2 aromatic carbocycles. The van der Waals surface area contributed by atoms with Crippen LogP contribution in [0.25, 0.3) is 0 Å². The van der Waals surface area contributed by atoms with Gasteiger partial charge in [-0.2, -0.15) is 0 Å². The summed E-state index contributed by atoms with van der Waals surface area (Å²) in [7, 11) is 0. The Labute approximate surface area is 131 Å². The molecule has 0 amide bonds. The van der Waals surface area contributed by atoms with E-state index in [2.05, 4.69) is 36.4 Å². The molecule has 114 valence electrons. The van der Waals surface area contributed by atoms with Crippen LogP contribution >= 0.6 is 0 Å². The van der Waals surface area contributed by atoms with Gasteiger partial charge in [0.05, 0.1) is 19.3 Å². The highest BCUT2D eigenvalue weighted by atomic mass is 16.5. The van der Waals surface area contributed by atoms with Crippen molar-refractivity contribution in [3.63, 3.8) is 0 Å². The van der Waals surface area contributed by atoms with Crippen LogP contribution in [0.5, 0.6) is 11.5 Å². The summed E-state index contributed by atoms with van der Waals surface area (Å²) >= 11 is 0. The molecule has 0 spiro atoms. The molecule has 0 fully saturated rings. The number of rotatable bonds is 2. The SMILES string of the molecule is NC(c1ccc2c(c1)CCCO2)c1ccc2c(c1)CCCO2. The molecule has 0 aliphatic carbocycles. The van der Waals surface area contributed by atoms with Crippen LogP contribution in [0.4, 0.5) is 0 Å². The number of ether oxygens (including phenoxy) is 2. The van der Waals surface area contributed by atoms with Crippen molar-refractivity contribution in [1.29, 1.82) is 0 Å². The van der Waals surface area contributed by atoms with Crippen molar-refractivity contribution in [3.05, 3.63) is 58.7 Å². The van der Waals surface area contributed by atoms with Crippen molar-refractivity contribution < 1.29 is 9.47 Å². The van der Waals surface area contributed by atoms with E-state index in [1.807, 2.05) is 0 Å². The smallest absolute Gasteiger partial charge is 0.122 e. The highest BCUT2D eigenvalue weighted by Crippen LogP contribution is 2.32. The molecule has 2 aliphatic rings. The Kier molecular flexibility index (Phi) is 3.51. The van der Waals surface area contributed by atoms with E-state index in [0.717, 1.165) is 61.5 Å². The Morgan fingerprint density at radius 1 is 0.773 bits per heavy atom. The van der Waals surface area contributed by atoms with Crippen LogP contribution in [0.1, 0.15) is 41.1 Å². The number of hydrogen-bond donors (Lipinski definition) is 1. The van der Waals surface area contributed by atoms with Crippen LogP contribution in [0.2, 0.25) is 0 Å². The van der Waals surface area contributed by atoms with Gasteiger partial charge in [0.2, 0.25) is 0 Å². The predicted octanol–water partition coefficient (Wildman–Crippen LogP) is 3.38. The lowest BCUT2D eigenvalue weighted by Gasteiger charge is -2.22. The van der Waals surface area contributed by atoms with E-state index in [1.165, 1.54) is 11.1 Å². The highest BCUT2D eigenvalue weighted by molar-refractivity contribution is 5.45. The van der Waals surface area contributed by atoms with Gasteiger partial charge < -0.3 is 15.2 Å². The molecular weight excluding hydrogens is 274 g/mol. The third-order valence-electron chi connectivity index (χ3n) is 4.58. The molecule has 0 bridgehead atoms. The second kappa shape index (κ2) is 5.65. The van der Waals surface area contributed by atoms with E-state index in [1.54, 1.807) is 0 Å². The Morgan fingerprint density at radius 3 is 1.77 bits per heavy atom. The number of nitrogens with two attached hydrogens (primary N) is 1. The summed E-state index contributed by atoms with van der Waals surface area (Å²) in [6.07, 6.45) is 4.32. The molecule has 4 rings (SSSR count). The zero-order valence-electron chi connectivity index (χ0n) is 12.7. The standard InChI is InChI=1S/C19H21NO2/c20-19(15-5-7-17-13(11-15)3-1-9-21-17)16-6-8-18-14(12-16)4-2-10-22-18/h5-8,11-12,19H,1-4,9-10,20H2. The van der Waals surface area contributed by atoms with E-state index in [9.17, 15) is 0 Å². The van der Waals surface area contributed by atoms with Gasteiger partial charge in [-0.25, -0.2) is 0 Å². The second-order valence-corrected chi connectivity index (χ2v) is 6.12. The molecule has 2 heterocycles. The highest BCUT2D eigenvalue weighted by Gasteiger charge is 2.17. The van der Waals surface area contributed by atoms with E-state index >= 15 is 0 Å². The zero-order chi connectivity index (χ0) is 14.9. The summed E-state index contributed by atoms with van der Waals surface area (Å²) in [6, 6.07) is 12.6. The van der Waals surface area contributed by atoms with Gasteiger partial charge in [-0.05, 0) is 60.1 Å². The van der Waals surface area contributed by atoms with Gasteiger partial charge in [-0.15, -0.1) is 0 Å². The maximum Gasteiger partial charge on any atom is 0.122 e. The predicted molar refractivity (Wildman–Crippen MR) is 86.5 cm³/mol. The average molecular weight is 295 g/mol. The van der Waals surface area contributed by atoms with Crippen LogP contribution in [-0.4, -0.2) is 13.2 Å². The van der Waals surface area contributed by atoms with E-state index in [-0.39, 0.29) is 6.04 Å². The summed E-state index contributed by atoms with van der Waals surface area (Å²) in [5.74, 6) is 2.03. The van der Waals surface area contributed by atoms with Crippen molar-refractivity contribution in [2.75, 3.05) is 13.2 Å². The first-order valence-electron chi connectivity index (χ1n) is 8.08. The fourth-order valence-corrected chi connectivity index (χ4v) is 3.34. The van der Waals surface area contributed by atoms with Gasteiger partial charge in [-0.3, -0.25) is 0 Å². The summed E-state index contributed by atoms with van der Waals surface area (Å²) < 4.78 is 11.4. The molecule has 0 radical (unpaired) electrons. The molecule has 0 atom stereocenters. The summed E-state index contributed by atoms with van der Waals surface area (Å²) in [6.45, 7) is 1.65. The lowest BCUT2D eigenvalue weighted by atomic mass is 9.93. The summed E-state index contributed by atoms with van der Waals surface area (Å²) in [5, 5.41) is 0. The lowest BCUT2D eigenvalue weighted by molar-refractivity contribution is 0.288. The fraction of sp³-hybridized carbons (Fsp3) is 0.368. The summed E-state index contributed by atoms with van der Waals surface area (Å²) in [4.78, 5) is 0. The minimum absolute atomic E-state index is 0.0977. The molecule has 3 heteroatoms. The Bertz CT molecular complexity index is 636. The molecule has 3 nitrogen and oxygen atoms in total. The number of benzene rings is 2. The minimum Gasteiger partial charge on any atom is -0.493 e. The lowest BCUT2D eigenvalue weighted by Crippen LogP contribution is -2.15. The van der Waals surface area contributed by atoms with Crippen LogP contribution in [0.15, 0.2) is 36.4 Å². The molecule has 2 N–H and O–H groups in total. The van der Waals surface area contributed by atoms with Gasteiger partial charge in [0.15, 0.2) is 0 Å². The van der Waals surface area contributed by atoms with E-state index in [0.29, 0.717) is 0 Å². The topological polar surface area (TPSA) is 44.5 Å². The third kappa shape index (κ3) is 2.46. The molecule has 0 saturated heterocycles. The fourth-order valence-electron chi connectivity index (χ4n) is 3.34. The maximum atomic E-state index is 6.50. The molecule has 0 unspecified atom stereocenters. The zero-order valence-corrected chi connectivity index (χ0v) is 12.7. The Morgan fingerprint density at radius 2 is 1.27 bits per heavy atom. The monoisotopic (exact) mass is 295 g/mol. The average Bonchev–Trinajstić information content (AvgIpc) is 2.60. The number of hydrogen-bond acceptors (Lipinski definition) is 3. The number of aryl methyl sites for hydroxylation is 2. The van der Waals surface area contributed by atoms with Gasteiger partial charge in [0, 0.05) is 0 Å². The van der Waals surface area contributed by atoms with Gasteiger partial charge in [0.1, 0.15) is 11.5 Å². The van der Waals surface area contributed by atoms with E-state index in [4.69, 9.17) is 15.2 Å². The Balaban J connectivity index is 1.65. The third-order valence-corrected chi connectivity index (χ3v) is 4.58. The van der Waals surface area contributed by atoms with Crippen LogP contribution in [-0.2, 0) is 12.8 Å². The molecule has 0 aromatic heterocycles. The summed E-state index contributed by atoms with van der Waals surface area (Å²) in [5.41, 5.74) is 11.4. The Hall–Kier alpha value is -2.00. The van der Waals surface area contributed by atoms with E-state index < -0.39 is 0 Å². The minimum atomic E-state index is -0.0977. The first kappa shape index (κ1) is 13.6. The van der Waals surface area contributed by atoms with Gasteiger partial charge >= 0.3 is 0 Å². The normalized spacial score (nSPS) is 16.5. The first-order valence-corrected chi connectivity index (χ1v) is 8.08. The number of fused-ring (bicyclic) bond motifs is 2. The molecule has 2 aromatic rings. The van der Waals surface area contributed by atoms with Gasteiger partial charge in [0.25, 0.3) is 0 Å². The first-order chi connectivity index (χ1) is 10.8. The van der Waals surface area contributed by atoms with Crippen molar-refractivity contribution in [1.82, 2.24) is 0 Å². The van der Waals surface area contributed by atoms with Crippen LogP contribution in [0.3, 0.4) is 0 Å². The van der Waals surface area contributed by atoms with Crippen molar-refractivity contribution in [2.45, 2.75) is 31.7 Å². The van der Waals surface area contributed by atoms with Crippen molar-refractivity contribution in [2.24, 2.45) is 5.73 Å². The molecule has 22 heavy (non-hydrogen) atoms. The quantitative estimate of drug-likeness (QED) is 0.923. The maximum absolute atomic E-state index is 6.50. The van der Waals surface area contributed by atoms with Crippen LogP contribution in [0, 0.1) is 0 Å². The van der Waals surface area contributed by atoms with Crippen molar-refractivity contribution in [3.8, 4) is 11.5 Å². The van der Waals surface area contributed by atoms with Crippen LogP contribution < -0.4 is 15.2 Å². The molecule has 0 saturated carbocycles. The second-order valence-electron chi connectivity index (χ2n) is 6.12. The van der Waals surface area contributed by atoms with Crippen molar-refractivity contribution >= 4 is 0 Å². The molecular formula is C19H21NO2. The van der Waals surface area contributed by atoms with Gasteiger partial charge in [-0.1, -0.05) is 24.3 Å². The largest absolute Gasteiger partial charge is 0.493 e. The molecule has 2 aliphatic heterocycles.